The number of hydrogen-bond donors (Lipinski definition) is 2. The van der Waals surface area contributed by atoms with E-state index in [4.69, 9.17) is 0 Å². The molecule has 0 unspecified atom stereocenters. The number of nitrogens with one attached hydrogen (secondary N) is 2. The van der Waals surface area contributed by atoms with Crippen molar-refractivity contribution in [1.82, 2.24) is 19.7 Å². The second-order valence-electron chi connectivity index (χ2n) is 5.66. The fraction of sp³-hybridized carbons (Fsp3) is 0.400. The van der Waals surface area contributed by atoms with Gasteiger partial charge in [-0.1, -0.05) is 6.07 Å². The highest BCUT2D eigenvalue weighted by Gasteiger charge is 2.17. The lowest BCUT2D eigenvalue weighted by Gasteiger charge is -2.13. The lowest BCUT2D eigenvalue weighted by atomic mass is 10.2. The van der Waals surface area contributed by atoms with Crippen LogP contribution in [-0.2, 0) is 10.0 Å². The number of benzene rings is 1. The molecule has 10 heteroatoms. The Balaban J connectivity index is 1.98. The number of aromatic nitrogens is 3. The number of rotatable bonds is 7. The van der Waals surface area contributed by atoms with Gasteiger partial charge in [-0.3, -0.25) is 0 Å². The highest BCUT2D eigenvalue weighted by atomic mass is 79.9. The Morgan fingerprint density at radius 3 is 2.52 bits per heavy atom. The van der Waals surface area contributed by atoms with Crippen molar-refractivity contribution in [2.45, 2.75) is 18.7 Å². The topological polar surface area (TPSA) is 100 Å². The molecule has 0 aliphatic heterocycles. The molecule has 0 amide bonds. The van der Waals surface area contributed by atoms with Gasteiger partial charge >= 0.3 is 0 Å². The van der Waals surface area contributed by atoms with Crippen molar-refractivity contribution in [2.24, 2.45) is 0 Å². The van der Waals surface area contributed by atoms with Gasteiger partial charge in [0.1, 0.15) is 5.82 Å². The summed E-state index contributed by atoms with van der Waals surface area (Å²) < 4.78 is 27.9. The van der Waals surface area contributed by atoms with E-state index < -0.39 is 10.0 Å². The van der Waals surface area contributed by atoms with Crippen LogP contribution in [0.15, 0.2) is 27.6 Å². The molecular formula is C15H21BrN6O2S. The van der Waals surface area contributed by atoms with E-state index in [0.29, 0.717) is 28.7 Å². The Bertz CT molecular complexity index is 857. The second kappa shape index (κ2) is 8.07. The molecule has 136 valence electrons. The predicted molar refractivity (Wildman–Crippen MR) is 101 cm³/mol. The quantitative estimate of drug-likeness (QED) is 0.647. The molecule has 1 heterocycles. The third kappa shape index (κ3) is 5.35. The summed E-state index contributed by atoms with van der Waals surface area (Å²) in [5, 5.41) is 3.00. The molecular weight excluding hydrogens is 408 g/mol. The van der Waals surface area contributed by atoms with Crippen molar-refractivity contribution in [2.75, 3.05) is 37.4 Å². The molecule has 0 spiro atoms. The standard InChI is InChI=1S/C15H21BrN6O2S/c1-10-5-6-12(16)13(9-10)25(23,24)18-8-7-17-14-19-11(2)20-15(21-14)22(3)4/h5-6,9,18H,7-8H2,1-4H3,(H,17,19,20,21). The molecule has 8 nitrogen and oxygen atoms in total. The maximum absolute atomic E-state index is 12.4. The summed E-state index contributed by atoms with van der Waals surface area (Å²) >= 11 is 3.28. The average Bonchev–Trinajstić information content (AvgIpc) is 2.53. The Morgan fingerprint density at radius 1 is 1.12 bits per heavy atom. The van der Waals surface area contributed by atoms with Crippen LogP contribution in [0.4, 0.5) is 11.9 Å². The molecule has 1 aromatic carbocycles. The van der Waals surface area contributed by atoms with Crippen molar-refractivity contribution < 1.29 is 8.42 Å². The summed E-state index contributed by atoms with van der Waals surface area (Å²) in [5.41, 5.74) is 0.874. The lowest BCUT2D eigenvalue weighted by Crippen LogP contribution is -2.29. The summed E-state index contributed by atoms with van der Waals surface area (Å²) in [6.45, 7) is 4.17. The van der Waals surface area contributed by atoms with Gasteiger partial charge < -0.3 is 10.2 Å². The number of sulfonamides is 1. The average molecular weight is 429 g/mol. The van der Waals surface area contributed by atoms with Crippen LogP contribution >= 0.6 is 15.9 Å². The van der Waals surface area contributed by atoms with Crippen molar-refractivity contribution in [3.05, 3.63) is 34.1 Å². The van der Waals surface area contributed by atoms with Crippen LogP contribution < -0.4 is 14.9 Å². The molecule has 0 fully saturated rings. The fourth-order valence-corrected chi connectivity index (χ4v) is 4.08. The summed E-state index contributed by atoms with van der Waals surface area (Å²) in [7, 11) is 0.0834. The van der Waals surface area contributed by atoms with E-state index in [2.05, 4.69) is 40.9 Å². The first kappa shape index (κ1) is 19.5. The molecule has 0 aliphatic rings. The number of halogens is 1. The molecule has 25 heavy (non-hydrogen) atoms. The van der Waals surface area contributed by atoms with Gasteiger partial charge in [0.15, 0.2) is 0 Å². The van der Waals surface area contributed by atoms with E-state index in [1.54, 1.807) is 24.0 Å². The summed E-state index contributed by atoms with van der Waals surface area (Å²) in [5.74, 6) is 1.54. The molecule has 0 atom stereocenters. The smallest absolute Gasteiger partial charge is 0.241 e. The predicted octanol–water partition coefficient (Wildman–Crippen LogP) is 1.71. The van der Waals surface area contributed by atoms with Gasteiger partial charge in [-0.2, -0.15) is 15.0 Å². The largest absolute Gasteiger partial charge is 0.353 e. The van der Waals surface area contributed by atoms with Crippen LogP contribution in [0.2, 0.25) is 0 Å². The summed E-state index contributed by atoms with van der Waals surface area (Å²) in [6, 6.07) is 5.19. The number of nitrogens with zero attached hydrogens (tertiary/aromatic N) is 4. The van der Waals surface area contributed by atoms with Gasteiger partial charge in [-0.05, 0) is 47.5 Å². The van der Waals surface area contributed by atoms with E-state index in [1.165, 1.54) is 0 Å². The van der Waals surface area contributed by atoms with Crippen molar-refractivity contribution in [3.8, 4) is 0 Å². The lowest BCUT2D eigenvalue weighted by molar-refractivity contribution is 0.582. The Kier molecular flexibility index (Phi) is 6.31. The SMILES string of the molecule is Cc1ccc(Br)c(S(=O)(=O)NCCNc2nc(C)nc(N(C)C)n2)c1. The Morgan fingerprint density at radius 2 is 1.84 bits per heavy atom. The normalized spacial score (nSPS) is 11.4. The first-order valence-corrected chi connectivity index (χ1v) is 9.86. The summed E-state index contributed by atoms with van der Waals surface area (Å²) in [4.78, 5) is 14.6. The van der Waals surface area contributed by atoms with Gasteiger partial charge in [0.2, 0.25) is 21.9 Å². The van der Waals surface area contributed by atoms with Crippen molar-refractivity contribution in [3.63, 3.8) is 0 Å². The van der Waals surface area contributed by atoms with Gasteiger partial charge in [0.25, 0.3) is 0 Å². The Hall–Kier alpha value is -1.78. The zero-order chi connectivity index (χ0) is 18.6. The molecule has 0 saturated carbocycles. The van der Waals surface area contributed by atoms with E-state index in [9.17, 15) is 8.42 Å². The molecule has 0 saturated heterocycles. The van der Waals surface area contributed by atoms with E-state index in [-0.39, 0.29) is 11.4 Å². The molecule has 0 bridgehead atoms. The molecule has 1 aromatic heterocycles. The molecule has 0 aliphatic carbocycles. The van der Waals surface area contributed by atoms with Crippen LogP contribution in [0.3, 0.4) is 0 Å². The minimum absolute atomic E-state index is 0.199. The van der Waals surface area contributed by atoms with Gasteiger partial charge in [0, 0.05) is 31.7 Å². The number of anilines is 2. The number of aryl methyl sites for hydroxylation is 2. The zero-order valence-corrected chi connectivity index (χ0v) is 16.9. The minimum atomic E-state index is -3.60. The van der Waals surface area contributed by atoms with Crippen LogP contribution in [0, 0.1) is 13.8 Å². The molecule has 0 radical (unpaired) electrons. The Labute approximate surface area is 156 Å². The van der Waals surface area contributed by atoms with E-state index in [1.807, 2.05) is 27.1 Å². The first-order valence-electron chi connectivity index (χ1n) is 7.59. The maximum Gasteiger partial charge on any atom is 0.241 e. The van der Waals surface area contributed by atoms with Gasteiger partial charge in [0.05, 0.1) is 4.90 Å². The summed E-state index contributed by atoms with van der Waals surface area (Å²) in [6.07, 6.45) is 0. The molecule has 2 aromatic rings. The van der Waals surface area contributed by atoms with Crippen LogP contribution in [0.5, 0.6) is 0 Å². The third-order valence-electron chi connectivity index (χ3n) is 3.21. The zero-order valence-electron chi connectivity index (χ0n) is 14.5. The van der Waals surface area contributed by atoms with E-state index in [0.717, 1.165) is 5.56 Å². The van der Waals surface area contributed by atoms with Gasteiger partial charge in [-0.25, -0.2) is 13.1 Å². The monoisotopic (exact) mass is 428 g/mol. The van der Waals surface area contributed by atoms with E-state index >= 15 is 0 Å². The highest BCUT2D eigenvalue weighted by Crippen LogP contribution is 2.22. The van der Waals surface area contributed by atoms with Crippen molar-refractivity contribution >= 4 is 37.8 Å². The van der Waals surface area contributed by atoms with Crippen LogP contribution in [0.25, 0.3) is 0 Å². The molecule has 2 N–H and O–H groups in total. The fourth-order valence-electron chi connectivity index (χ4n) is 2.00. The molecule has 2 rings (SSSR count). The first-order chi connectivity index (χ1) is 11.7. The van der Waals surface area contributed by atoms with Gasteiger partial charge in [-0.15, -0.1) is 0 Å². The third-order valence-corrected chi connectivity index (χ3v) is 5.67. The van der Waals surface area contributed by atoms with Crippen LogP contribution in [0.1, 0.15) is 11.4 Å². The second-order valence-corrected chi connectivity index (χ2v) is 8.25. The van der Waals surface area contributed by atoms with Crippen LogP contribution in [-0.4, -0.2) is 50.6 Å². The maximum atomic E-state index is 12.4. The van der Waals surface area contributed by atoms with Crippen molar-refractivity contribution in [1.29, 1.82) is 0 Å². The highest BCUT2D eigenvalue weighted by molar-refractivity contribution is 9.10. The number of hydrogen-bond acceptors (Lipinski definition) is 7. The minimum Gasteiger partial charge on any atom is -0.353 e.